The van der Waals surface area contributed by atoms with Crippen molar-refractivity contribution in [1.29, 1.82) is 0 Å². The first-order chi connectivity index (χ1) is 15.1. The Kier molecular flexibility index (Phi) is 4.23. The van der Waals surface area contributed by atoms with Crippen molar-refractivity contribution < 1.29 is 32.8 Å². The van der Waals surface area contributed by atoms with Gasteiger partial charge in [-0.25, -0.2) is 13.8 Å². The molecule has 2 aromatic heterocycles. The molecule has 0 bridgehead atoms. The summed E-state index contributed by atoms with van der Waals surface area (Å²) >= 11 is 0. The van der Waals surface area contributed by atoms with E-state index in [9.17, 15) is 13.9 Å². The molecule has 5 heterocycles. The van der Waals surface area contributed by atoms with Crippen molar-refractivity contribution >= 4 is 17.0 Å². The molecule has 0 amide bonds. The summed E-state index contributed by atoms with van der Waals surface area (Å²) in [5.41, 5.74) is 0.911. The molecular formula is C20H18F2N4O5. The first-order valence-electron chi connectivity index (χ1n) is 9.89. The number of rotatable bonds is 4. The first-order valence-corrected chi connectivity index (χ1v) is 9.89. The van der Waals surface area contributed by atoms with Crippen LogP contribution in [0.1, 0.15) is 11.6 Å². The van der Waals surface area contributed by atoms with Gasteiger partial charge < -0.3 is 34.4 Å². The van der Waals surface area contributed by atoms with Crippen molar-refractivity contribution in [2.24, 2.45) is 0 Å². The Labute approximate surface area is 174 Å². The van der Waals surface area contributed by atoms with E-state index >= 15 is 0 Å². The molecule has 162 valence electrons. The summed E-state index contributed by atoms with van der Waals surface area (Å²) in [5, 5.41) is 12.7. The summed E-state index contributed by atoms with van der Waals surface area (Å²) in [7, 11) is 0. The molecule has 31 heavy (non-hydrogen) atoms. The average molecular weight is 432 g/mol. The van der Waals surface area contributed by atoms with Crippen LogP contribution in [0.15, 0.2) is 24.3 Å². The van der Waals surface area contributed by atoms with Crippen LogP contribution in [0.3, 0.4) is 0 Å². The number of aromatic nitrogens is 3. The van der Waals surface area contributed by atoms with Gasteiger partial charge in [0.1, 0.15) is 36.5 Å². The van der Waals surface area contributed by atoms with Crippen LogP contribution in [0.5, 0.6) is 11.8 Å². The van der Waals surface area contributed by atoms with Gasteiger partial charge in [0.25, 0.3) is 6.01 Å². The van der Waals surface area contributed by atoms with Crippen LogP contribution in [0, 0.1) is 11.6 Å². The number of fused-ring (bicyclic) bond motifs is 3. The molecule has 0 radical (unpaired) electrons. The molecule has 3 aromatic rings. The van der Waals surface area contributed by atoms with E-state index in [1.54, 1.807) is 12.1 Å². The minimum absolute atomic E-state index is 0.0678. The molecule has 0 aliphatic carbocycles. The van der Waals surface area contributed by atoms with Gasteiger partial charge in [-0.05, 0) is 12.1 Å². The minimum atomic E-state index is -0.687. The monoisotopic (exact) mass is 432 g/mol. The predicted molar refractivity (Wildman–Crippen MR) is 102 cm³/mol. The van der Waals surface area contributed by atoms with Gasteiger partial charge in [-0.1, -0.05) is 6.07 Å². The van der Waals surface area contributed by atoms with E-state index in [2.05, 4.69) is 20.3 Å². The maximum atomic E-state index is 14.7. The van der Waals surface area contributed by atoms with Crippen molar-refractivity contribution in [3.05, 3.63) is 41.5 Å². The van der Waals surface area contributed by atoms with Gasteiger partial charge in [0, 0.05) is 6.07 Å². The summed E-state index contributed by atoms with van der Waals surface area (Å²) < 4.78 is 51.2. The Morgan fingerprint density at radius 1 is 1.10 bits per heavy atom. The first kappa shape index (κ1) is 18.7. The van der Waals surface area contributed by atoms with Gasteiger partial charge in [0.15, 0.2) is 23.4 Å². The molecule has 0 unspecified atom stereocenters. The molecule has 0 spiro atoms. The van der Waals surface area contributed by atoms with Crippen LogP contribution in [-0.2, 0) is 9.47 Å². The molecule has 5 atom stereocenters. The minimum Gasteiger partial charge on any atom is -0.491 e. The van der Waals surface area contributed by atoms with E-state index < -0.39 is 42.1 Å². The number of ether oxygens (including phenoxy) is 4. The second-order valence-corrected chi connectivity index (χ2v) is 7.71. The number of pyridine rings is 1. The van der Waals surface area contributed by atoms with Gasteiger partial charge in [0.2, 0.25) is 0 Å². The number of anilines is 1. The van der Waals surface area contributed by atoms with Gasteiger partial charge >= 0.3 is 0 Å². The number of hydrogen-bond acceptors (Lipinski definition) is 8. The second kappa shape index (κ2) is 7.01. The van der Waals surface area contributed by atoms with Crippen LogP contribution < -0.4 is 14.8 Å². The fourth-order valence-electron chi connectivity index (χ4n) is 4.26. The van der Waals surface area contributed by atoms with E-state index in [1.165, 1.54) is 12.1 Å². The molecule has 1 aromatic carbocycles. The molecule has 2 saturated heterocycles. The highest BCUT2D eigenvalue weighted by atomic mass is 19.1. The van der Waals surface area contributed by atoms with Gasteiger partial charge in [-0.3, -0.25) is 0 Å². The molecule has 3 aliphatic heterocycles. The number of nitrogens with one attached hydrogen (secondary N) is 2. The second-order valence-electron chi connectivity index (χ2n) is 7.71. The quantitative estimate of drug-likeness (QED) is 0.571. The Bertz CT molecular complexity index is 1160. The van der Waals surface area contributed by atoms with Gasteiger partial charge in [-0.15, -0.1) is 0 Å². The zero-order valence-corrected chi connectivity index (χ0v) is 16.0. The third-order valence-corrected chi connectivity index (χ3v) is 5.73. The van der Waals surface area contributed by atoms with E-state index in [0.29, 0.717) is 16.8 Å². The number of imidazole rings is 1. The lowest BCUT2D eigenvalue weighted by molar-refractivity contribution is 0.00706. The molecule has 9 nitrogen and oxygen atoms in total. The molecule has 11 heteroatoms. The molecule has 3 N–H and O–H groups in total. The largest absolute Gasteiger partial charge is 0.491 e. The highest BCUT2D eigenvalue weighted by Crippen LogP contribution is 2.37. The number of halogens is 2. The number of nitrogens with zero attached hydrogens (tertiary/aromatic N) is 2. The Morgan fingerprint density at radius 3 is 2.87 bits per heavy atom. The van der Waals surface area contributed by atoms with Gasteiger partial charge in [0.05, 0.1) is 30.3 Å². The summed E-state index contributed by atoms with van der Waals surface area (Å²) in [6.07, 6.45) is -1.98. The fraction of sp³-hybridized carbons (Fsp3) is 0.400. The lowest BCUT2D eigenvalue weighted by Gasteiger charge is -2.15. The summed E-state index contributed by atoms with van der Waals surface area (Å²) in [6.45, 7) is 0.580. The molecule has 6 rings (SSSR count). The van der Waals surface area contributed by atoms with Crippen LogP contribution in [0.25, 0.3) is 11.2 Å². The molecular weight excluding hydrogens is 414 g/mol. The average Bonchev–Trinajstić information content (AvgIpc) is 3.50. The molecule has 3 aliphatic rings. The number of aromatic amines is 1. The van der Waals surface area contributed by atoms with E-state index in [0.717, 1.165) is 0 Å². The van der Waals surface area contributed by atoms with Crippen LogP contribution in [-0.4, -0.2) is 64.3 Å². The third-order valence-electron chi connectivity index (χ3n) is 5.73. The summed E-state index contributed by atoms with van der Waals surface area (Å²) in [6, 6.07) is 5.35. The third kappa shape index (κ3) is 3.08. The SMILES string of the molecule is O[C@@H]1CO[C@H]2[C@@H]1OC[C@H]2Oc1nc2nc(N[C@H]3COc4cccc(F)c43)c(F)cc2[nH]1. The van der Waals surface area contributed by atoms with Gasteiger partial charge in [-0.2, -0.15) is 4.98 Å². The highest BCUT2D eigenvalue weighted by molar-refractivity contribution is 5.74. The van der Waals surface area contributed by atoms with E-state index in [4.69, 9.17) is 18.9 Å². The van der Waals surface area contributed by atoms with E-state index in [-0.39, 0.29) is 37.3 Å². The zero-order chi connectivity index (χ0) is 21.1. The van der Waals surface area contributed by atoms with Crippen LogP contribution in [0.2, 0.25) is 0 Å². The van der Waals surface area contributed by atoms with E-state index in [1.807, 2.05) is 0 Å². The number of aliphatic hydroxyl groups is 1. The fourth-order valence-corrected chi connectivity index (χ4v) is 4.26. The summed E-state index contributed by atoms with van der Waals surface area (Å²) in [4.78, 5) is 11.4. The lowest BCUT2D eigenvalue weighted by atomic mass is 10.1. The topological polar surface area (TPSA) is 111 Å². The Hall–Kier alpha value is -3.02. The maximum absolute atomic E-state index is 14.7. The van der Waals surface area contributed by atoms with Crippen molar-refractivity contribution in [1.82, 2.24) is 15.0 Å². The molecule has 2 fully saturated rings. The smallest absolute Gasteiger partial charge is 0.296 e. The maximum Gasteiger partial charge on any atom is 0.296 e. The number of H-pyrrole nitrogens is 1. The number of aliphatic hydroxyl groups excluding tert-OH is 1. The number of hydrogen-bond donors (Lipinski definition) is 3. The van der Waals surface area contributed by atoms with Crippen LogP contribution >= 0.6 is 0 Å². The zero-order valence-electron chi connectivity index (χ0n) is 16.0. The van der Waals surface area contributed by atoms with Crippen molar-refractivity contribution in [3.8, 4) is 11.8 Å². The lowest BCUT2D eigenvalue weighted by Crippen LogP contribution is -2.34. The predicted octanol–water partition coefficient (Wildman–Crippen LogP) is 1.69. The van der Waals surface area contributed by atoms with Crippen molar-refractivity contribution in [2.45, 2.75) is 30.5 Å². The number of benzene rings is 1. The Morgan fingerprint density at radius 2 is 1.97 bits per heavy atom. The summed E-state index contributed by atoms with van der Waals surface area (Å²) in [5.74, 6) is -0.702. The standard InChI is InChI=1S/C20H18F2N4O5/c21-8-2-1-3-13-15(8)11(5-28-13)23-18-9(22)4-10-19(25-18)26-20(24-10)31-14-7-30-16-12(27)6-29-17(14)16/h1-4,11-12,14,16-17,27H,5-7H2,(H2,23,24,25,26)/t11-,12+,14+,16+,17+/m0/s1. The normalized spacial score (nSPS) is 29.1. The van der Waals surface area contributed by atoms with Crippen molar-refractivity contribution in [2.75, 3.05) is 25.1 Å². The van der Waals surface area contributed by atoms with Crippen LogP contribution in [0.4, 0.5) is 14.6 Å². The Balaban J connectivity index is 1.24. The van der Waals surface area contributed by atoms with Crippen molar-refractivity contribution in [3.63, 3.8) is 0 Å². The molecule has 0 saturated carbocycles. The highest BCUT2D eigenvalue weighted by Gasteiger charge is 2.48.